The van der Waals surface area contributed by atoms with Crippen LogP contribution in [0.5, 0.6) is 5.75 Å². The third-order valence-electron chi connectivity index (χ3n) is 2.93. The summed E-state index contributed by atoms with van der Waals surface area (Å²) in [6, 6.07) is 8.48. The van der Waals surface area contributed by atoms with Crippen molar-refractivity contribution in [3.05, 3.63) is 29.8 Å². The molecule has 0 aliphatic heterocycles. The highest BCUT2D eigenvalue weighted by Gasteiger charge is 2.04. The lowest BCUT2D eigenvalue weighted by molar-refractivity contribution is 0.414. The van der Waals surface area contributed by atoms with Gasteiger partial charge in [0.05, 0.1) is 7.11 Å². The molecule has 0 spiro atoms. The largest absolute Gasteiger partial charge is 0.497 e. The molecule has 0 heterocycles. The standard InChI is InChI=1S/C15H26N2O/c1-12(2)10-14(16)11-17-9-8-13-4-6-15(18-3)7-5-13/h4-7,12,14,17H,8-11,16H2,1-3H3. The molecule has 0 fully saturated rings. The maximum atomic E-state index is 6.01. The molecule has 0 amide bonds. The minimum Gasteiger partial charge on any atom is -0.497 e. The fraction of sp³-hybridized carbons (Fsp3) is 0.600. The smallest absolute Gasteiger partial charge is 0.118 e. The normalized spacial score (nSPS) is 12.7. The van der Waals surface area contributed by atoms with E-state index in [0.717, 1.165) is 31.7 Å². The fourth-order valence-electron chi connectivity index (χ4n) is 2.00. The van der Waals surface area contributed by atoms with Crippen molar-refractivity contribution in [3.63, 3.8) is 0 Å². The molecule has 0 aliphatic rings. The van der Waals surface area contributed by atoms with Crippen molar-refractivity contribution in [1.82, 2.24) is 5.32 Å². The summed E-state index contributed by atoms with van der Waals surface area (Å²) in [5.41, 5.74) is 7.33. The molecule has 0 aromatic heterocycles. The first-order chi connectivity index (χ1) is 8.61. The summed E-state index contributed by atoms with van der Waals surface area (Å²) in [5, 5.41) is 3.41. The molecule has 102 valence electrons. The maximum Gasteiger partial charge on any atom is 0.118 e. The zero-order valence-electron chi connectivity index (χ0n) is 11.8. The average Bonchev–Trinajstić information content (AvgIpc) is 2.34. The van der Waals surface area contributed by atoms with Gasteiger partial charge < -0.3 is 15.8 Å². The van der Waals surface area contributed by atoms with Crippen LogP contribution in [0.4, 0.5) is 0 Å². The Morgan fingerprint density at radius 3 is 2.44 bits per heavy atom. The third-order valence-corrected chi connectivity index (χ3v) is 2.93. The number of methoxy groups -OCH3 is 1. The Bertz CT molecular complexity index is 322. The van der Waals surface area contributed by atoms with Gasteiger partial charge in [-0.1, -0.05) is 26.0 Å². The number of hydrogen-bond acceptors (Lipinski definition) is 3. The van der Waals surface area contributed by atoms with Gasteiger partial charge >= 0.3 is 0 Å². The molecular weight excluding hydrogens is 224 g/mol. The molecule has 3 N–H and O–H groups in total. The molecule has 1 atom stereocenters. The van der Waals surface area contributed by atoms with Gasteiger partial charge in [-0.3, -0.25) is 0 Å². The second kappa shape index (κ2) is 8.11. The number of nitrogens with two attached hydrogens (primary N) is 1. The average molecular weight is 250 g/mol. The molecule has 3 nitrogen and oxygen atoms in total. The van der Waals surface area contributed by atoms with Crippen LogP contribution < -0.4 is 15.8 Å². The molecule has 1 rings (SSSR count). The van der Waals surface area contributed by atoms with E-state index in [2.05, 4.69) is 31.3 Å². The van der Waals surface area contributed by atoms with Crippen LogP contribution in [0.2, 0.25) is 0 Å². The van der Waals surface area contributed by atoms with E-state index in [4.69, 9.17) is 10.5 Å². The van der Waals surface area contributed by atoms with Crippen molar-refractivity contribution >= 4 is 0 Å². The number of ether oxygens (including phenoxy) is 1. The van der Waals surface area contributed by atoms with Gasteiger partial charge in [-0.05, 0) is 43.0 Å². The SMILES string of the molecule is COc1ccc(CCNCC(N)CC(C)C)cc1. The molecular formula is C15H26N2O. The number of benzene rings is 1. The highest BCUT2D eigenvalue weighted by molar-refractivity contribution is 5.27. The Kier molecular flexibility index (Phi) is 6.76. The van der Waals surface area contributed by atoms with Gasteiger partial charge in [0.1, 0.15) is 5.75 Å². The lowest BCUT2D eigenvalue weighted by Gasteiger charge is -2.14. The van der Waals surface area contributed by atoms with Gasteiger partial charge in [-0.15, -0.1) is 0 Å². The predicted octanol–water partition coefficient (Wildman–Crippen LogP) is 2.20. The molecule has 18 heavy (non-hydrogen) atoms. The minimum atomic E-state index is 0.265. The van der Waals surface area contributed by atoms with E-state index in [1.54, 1.807) is 7.11 Å². The highest BCUT2D eigenvalue weighted by atomic mass is 16.5. The predicted molar refractivity (Wildman–Crippen MR) is 77.0 cm³/mol. The minimum absolute atomic E-state index is 0.265. The zero-order valence-corrected chi connectivity index (χ0v) is 11.8. The Balaban J connectivity index is 2.17. The fourth-order valence-corrected chi connectivity index (χ4v) is 2.00. The van der Waals surface area contributed by atoms with E-state index < -0.39 is 0 Å². The van der Waals surface area contributed by atoms with Crippen LogP contribution >= 0.6 is 0 Å². The van der Waals surface area contributed by atoms with Crippen molar-refractivity contribution in [2.24, 2.45) is 11.7 Å². The van der Waals surface area contributed by atoms with E-state index in [1.165, 1.54) is 5.56 Å². The first-order valence-corrected chi connectivity index (χ1v) is 6.71. The summed E-state index contributed by atoms with van der Waals surface area (Å²) < 4.78 is 5.13. The van der Waals surface area contributed by atoms with E-state index in [9.17, 15) is 0 Å². The quantitative estimate of drug-likeness (QED) is 0.695. The van der Waals surface area contributed by atoms with Gasteiger partial charge in [0, 0.05) is 12.6 Å². The lowest BCUT2D eigenvalue weighted by Crippen LogP contribution is -2.35. The molecule has 0 radical (unpaired) electrons. The van der Waals surface area contributed by atoms with Gasteiger partial charge in [0.15, 0.2) is 0 Å². The van der Waals surface area contributed by atoms with Crippen LogP contribution in [0, 0.1) is 5.92 Å². The molecule has 3 heteroatoms. The number of nitrogens with one attached hydrogen (secondary N) is 1. The van der Waals surface area contributed by atoms with E-state index in [0.29, 0.717) is 5.92 Å². The van der Waals surface area contributed by atoms with Crippen LogP contribution in [-0.4, -0.2) is 26.2 Å². The summed E-state index contributed by atoms with van der Waals surface area (Å²) in [5.74, 6) is 1.58. The number of hydrogen-bond donors (Lipinski definition) is 2. The molecule has 0 aliphatic carbocycles. The monoisotopic (exact) mass is 250 g/mol. The van der Waals surface area contributed by atoms with Crippen LogP contribution in [0.3, 0.4) is 0 Å². The molecule has 0 bridgehead atoms. The molecule has 1 unspecified atom stereocenters. The van der Waals surface area contributed by atoms with Crippen molar-refractivity contribution in [2.45, 2.75) is 32.7 Å². The summed E-state index contributed by atoms with van der Waals surface area (Å²) in [7, 11) is 1.69. The van der Waals surface area contributed by atoms with Crippen LogP contribution in [0.25, 0.3) is 0 Å². The first-order valence-electron chi connectivity index (χ1n) is 6.71. The summed E-state index contributed by atoms with van der Waals surface area (Å²) in [6.07, 6.45) is 2.11. The van der Waals surface area contributed by atoms with Gasteiger partial charge in [0.25, 0.3) is 0 Å². The Morgan fingerprint density at radius 2 is 1.89 bits per heavy atom. The van der Waals surface area contributed by atoms with Crippen LogP contribution in [0.15, 0.2) is 24.3 Å². The Hall–Kier alpha value is -1.06. The van der Waals surface area contributed by atoms with E-state index in [1.807, 2.05) is 12.1 Å². The van der Waals surface area contributed by atoms with Crippen molar-refractivity contribution < 1.29 is 4.74 Å². The molecule has 0 saturated carbocycles. The summed E-state index contributed by atoms with van der Waals surface area (Å²) in [4.78, 5) is 0. The maximum absolute atomic E-state index is 6.01. The van der Waals surface area contributed by atoms with Gasteiger partial charge in [0.2, 0.25) is 0 Å². The third kappa shape index (κ3) is 6.03. The first kappa shape index (κ1) is 15.0. The van der Waals surface area contributed by atoms with Crippen LogP contribution in [0.1, 0.15) is 25.8 Å². The Morgan fingerprint density at radius 1 is 1.22 bits per heavy atom. The topological polar surface area (TPSA) is 47.3 Å². The van der Waals surface area contributed by atoms with Crippen molar-refractivity contribution in [3.8, 4) is 5.75 Å². The molecule has 0 saturated heterocycles. The second-order valence-corrected chi connectivity index (χ2v) is 5.19. The van der Waals surface area contributed by atoms with Crippen LogP contribution in [-0.2, 0) is 6.42 Å². The molecule has 1 aromatic carbocycles. The van der Waals surface area contributed by atoms with Gasteiger partial charge in [-0.2, -0.15) is 0 Å². The second-order valence-electron chi connectivity index (χ2n) is 5.19. The zero-order chi connectivity index (χ0) is 13.4. The Labute approximate surface area is 111 Å². The van der Waals surface area contributed by atoms with E-state index >= 15 is 0 Å². The number of rotatable bonds is 8. The lowest BCUT2D eigenvalue weighted by atomic mass is 10.0. The summed E-state index contributed by atoms with van der Waals surface area (Å²) in [6.45, 7) is 6.28. The molecule has 1 aromatic rings. The summed E-state index contributed by atoms with van der Waals surface area (Å²) >= 11 is 0. The van der Waals surface area contributed by atoms with Gasteiger partial charge in [-0.25, -0.2) is 0 Å². The van der Waals surface area contributed by atoms with Crippen molar-refractivity contribution in [1.29, 1.82) is 0 Å². The van der Waals surface area contributed by atoms with E-state index in [-0.39, 0.29) is 6.04 Å². The van der Waals surface area contributed by atoms with Crippen molar-refractivity contribution in [2.75, 3.05) is 20.2 Å². The highest BCUT2D eigenvalue weighted by Crippen LogP contribution is 2.11.